The Bertz CT molecular complexity index is 4280. The van der Waals surface area contributed by atoms with E-state index >= 15 is 0 Å². The summed E-state index contributed by atoms with van der Waals surface area (Å²) in [6, 6.07) is 77.7. The molecule has 0 saturated heterocycles. The monoisotopic (exact) mass is 1190 g/mol. The van der Waals surface area contributed by atoms with Crippen LogP contribution in [0.4, 0.5) is 0 Å². The molecule has 4 heterocycles. The van der Waals surface area contributed by atoms with Gasteiger partial charge in [-0.05, 0) is 124 Å². The van der Waals surface area contributed by atoms with E-state index in [4.69, 9.17) is 9.72 Å². The number of fused-ring (bicyclic) bond motifs is 10. The third kappa shape index (κ3) is 8.79. The molecule has 78 heavy (non-hydrogen) atoms. The molecular formula is C72H60N4OPt-2. The topological polar surface area (TPSA) is 35.9 Å². The van der Waals surface area contributed by atoms with Gasteiger partial charge >= 0.3 is 0 Å². The molecule has 12 aromatic rings. The van der Waals surface area contributed by atoms with E-state index in [0.717, 1.165) is 77.8 Å². The predicted molar refractivity (Wildman–Crippen MR) is 317 cm³/mol. The molecule has 0 amide bonds. The molecular weight excluding hydrogens is 1130 g/mol. The molecule has 9 aromatic carbocycles. The maximum absolute atomic E-state index is 6.82. The summed E-state index contributed by atoms with van der Waals surface area (Å²) in [4.78, 5) is 4.91. The molecule has 0 unspecified atom stereocenters. The van der Waals surface area contributed by atoms with Gasteiger partial charge in [0.05, 0.1) is 16.7 Å². The third-order valence-corrected chi connectivity index (χ3v) is 15.5. The van der Waals surface area contributed by atoms with Crippen molar-refractivity contribution in [3.8, 4) is 84.3 Å². The van der Waals surface area contributed by atoms with Gasteiger partial charge in [-0.15, -0.1) is 29.7 Å². The van der Waals surface area contributed by atoms with Crippen molar-refractivity contribution in [3.63, 3.8) is 0 Å². The van der Waals surface area contributed by atoms with Crippen LogP contribution in [0, 0.1) is 18.5 Å². The second-order valence-corrected chi connectivity index (χ2v) is 23.7. The van der Waals surface area contributed by atoms with E-state index in [9.17, 15) is 0 Å². The Morgan fingerprint density at radius 3 is 1.81 bits per heavy atom. The zero-order valence-electron chi connectivity index (χ0n) is 45.6. The van der Waals surface area contributed by atoms with Crippen molar-refractivity contribution in [3.05, 3.63) is 235 Å². The van der Waals surface area contributed by atoms with Crippen LogP contribution in [0.3, 0.4) is 0 Å². The molecule has 0 aliphatic carbocycles. The minimum Gasteiger partial charge on any atom is -0.510 e. The number of hydrogen-bond acceptors (Lipinski definition) is 2. The van der Waals surface area contributed by atoms with Crippen molar-refractivity contribution in [2.24, 2.45) is 0 Å². The molecule has 6 heteroatoms. The summed E-state index contributed by atoms with van der Waals surface area (Å²) in [7, 11) is 0. The van der Waals surface area contributed by atoms with Crippen LogP contribution in [0.5, 0.6) is 11.5 Å². The van der Waals surface area contributed by atoms with Crippen molar-refractivity contribution in [1.82, 2.24) is 14.1 Å². The second kappa shape index (κ2) is 19.1. The Balaban J connectivity index is 0.00000609. The first-order valence-corrected chi connectivity index (χ1v) is 26.8. The van der Waals surface area contributed by atoms with Crippen LogP contribution in [0.25, 0.3) is 106 Å². The van der Waals surface area contributed by atoms with Crippen LogP contribution in [0.2, 0.25) is 0 Å². The molecule has 0 saturated carbocycles. The Kier molecular flexibility index (Phi) is 12.4. The molecule has 1 aliphatic rings. The van der Waals surface area contributed by atoms with Crippen molar-refractivity contribution < 1.29 is 30.4 Å². The molecule has 0 atom stereocenters. The number of hydrogen-bond donors (Lipinski definition) is 0. The summed E-state index contributed by atoms with van der Waals surface area (Å²) in [5.41, 5.74) is 21.0. The van der Waals surface area contributed by atoms with E-state index < -0.39 is 0 Å². The van der Waals surface area contributed by atoms with Gasteiger partial charge in [-0.25, -0.2) is 4.98 Å². The van der Waals surface area contributed by atoms with Gasteiger partial charge < -0.3 is 13.9 Å². The first-order chi connectivity index (χ1) is 37.1. The van der Waals surface area contributed by atoms with E-state index in [0.29, 0.717) is 11.5 Å². The molecule has 0 bridgehead atoms. The third-order valence-electron chi connectivity index (χ3n) is 15.5. The Labute approximate surface area is 472 Å². The first kappa shape index (κ1) is 50.7. The van der Waals surface area contributed by atoms with E-state index in [1.807, 2.05) is 24.4 Å². The van der Waals surface area contributed by atoms with Gasteiger partial charge in [0.25, 0.3) is 6.33 Å². The van der Waals surface area contributed by atoms with Crippen LogP contribution in [-0.4, -0.2) is 14.1 Å². The molecule has 0 spiro atoms. The van der Waals surface area contributed by atoms with E-state index in [1.165, 1.54) is 44.5 Å². The zero-order valence-corrected chi connectivity index (χ0v) is 47.8. The van der Waals surface area contributed by atoms with Gasteiger partial charge in [-0.2, -0.15) is 18.2 Å². The summed E-state index contributed by atoms with van der Waals surface area (Å²) in [6.45, 7) is 20.6. The van der Waals surface area contributed by atoms with Crippen LogP contribution in [0.1, 0.15) is 79.0 Å². The maximum Gasteiger partial charge on any atom is 0.268 e. The quantitative estimate of drug-likeness (QED) is 0.123. The summed E-state index contributed by atoms with van der Waals surface area (Å²) in [6.07, 6.45) is 5.90. The summed E-state index contributed by atoms with van der Waals surface area (Å²) < 4.78 is 13.5. The Morgan fingerprint density at radius 2 is 1.05 bits per heavy atom. The van der Waals surface area contributed by atoms with Gasteiger partial charge in [0, 0.05) is 44.3 Å². The van der Waals surface area contributed by atoms with Gasteiger partial charge in [0.2, 0.25) is 0 Å². The van der Waals surface area contributed by atoms with Crippen LogP contribution < -0.4 is 9.30 Å². The van der Waals surface area contributed by atoms with Crippen LogP contribution in [0.15, 0.2) is 200 Å². The van der Waals surface area contributed by atoms with Gasteiger partial charge in [0.1, 0.15) is 5.82 Å². The first-order valence-electron chi connectivity index (χ1n) is 26.8. The smallest absolute Gasteiger partial charge is 0.268 e. The Morgan fingerprint density at radius 1 is 0.436 bits per heavy atom. The molecule has 0 fully saturated rings. The average Bonchev–Trinajstić information content (AvgIpc) is 4.21. The number of imidazole rings is 1. The maximum atomic E-state index is 6.82. The van der Waals surface area contributed by atoms with Gasteiger partial charge in [-0.3, -0.25) is 4.57 Å². The summed E-state index contributed by atoms with van der Waals surface area (Å²) in [5, 5.41) is 2.21. The van der Waals surface area contributed by atoms with Crippen LogP contribution >= 0.6 is 0 Å². The van der Waals surface area contributed by atoms with Gasteiger partial charge in [-0.1, -0.05) is 207 Å². The van der Waals surface area contributed by atoms with Crippen molar-refractivity contribution in [2.75, 3.05) is 0 Å². The largest absolute Gasteiger partial charge is 0.510 e. The number of ether oxygens (including phenoxy) is 1. The molecule has 386 valence electrons. The van der Waals surface area contributed by atoms with E-state index in [1.54, 1.807) is 0 Å². The molecule has 1 aliphatic heterocycles. The van der Waals surface area contributed by atoms with Crippen molar-refractivity contribution in [1.29, 1.82) is 0 Å². The standard InChI is InChI=1S/C72H60N4O.Pt/c1-70(2,3)49-36-37-73-67(42-49)76-64-30-16-15-26-59(64)60-35-33-54(44-66(60)76)77-53-23-17-22-52(43-53)74-45-75-68-55(48-38-50(71(4,5)6)41-51(39-48)72(7,8)9)27-18-28-61(68)56-24-13-14-25-57(56)63-40-47(46-20-11-10-12-21-46)32-34-58(63)62-29-19-31-65(74)69(62)75;/h10-42H,1-9H3;/q-2;. The SMILES string of the molecule is CC(C)(C)c1cc(-c2cccc3c2-[n+]2[c-]n(-c4[c-]c(Oc5[c-]c6c(cc5)c5ccccc5n6-c5cc(C(C)(C)C)ccn5)ccc4)c4cccc(c42)-c2ccc(-c4ccccc4)cc2-c2ccccc2-3)cc(C(C)(C)C)c1.[Pt]. The molecule has 5 nitrogen and oxygen atoms in total. The molecule has 3 aromatic heterocycles. The molecule has 13 rings (SSSR count). The number of benzene rings is 9. The number of pyridine rings is 1. The number of para-hydroxylation sites is 3. The summed E-state index contributed by atoms with van der Waals surface area (Å²) in [5.74, 6) is 1.99. The second-order valence-electron chi connectivity index (χ2n) is 23.7. The average molecular weight is 1190 g/mol. The zero-order chi connectivity index (χ0) is 53.0. The molecule has 0 radical (unpaired) electrons. The normalized spacial score (nSPS) is 12.3. The fraction of sp³-hybridized carbons (Fsp3) is 0.167. The van der Waals surface area contributed by atoms with Crippen molar-refractivity contribution >= 4 is 32.8 Å². The minimum absolute atomic E-state index is 0. The fourth-order valence-electron chi connectivity index (χ4n) is 11.3. The van der Waals surface area contributed by atoms with E-state index in [2.05, 4.69) is 270 Å². The van der Waals surface area contributed by atoms with Crippen LogP contribution in [-0.2, 0) is 37.3 Å². The van der Waals surface area contributed by atoms with E-state index in [-0.39, 0.29) is 37.3 Å². The molecule has 0 N–H and O–H groups in total. The van der Waals surface area contributed by atoms with Gasteiger partial charge in [0.15, 0.2) is 0 Å². The summed E-state index contributed by atoms with van der Waals surface area (Å²) >= 11 is 0. The Hall–Kier alpha value is -8.11. The number of aromatic nitrogens is 4. The number of nitrogens with zero attached hydrogens (tertiary/aromatic N) is 4. The minimum atomic E-state index is -0.0794. The fourth-order valence-corrected chi connectivity index (χ4v) is 11.3. The van der Waals surface area contributed by atoms with Crippen molar-refractivity contribution in [2.45, 2.75) is 78.6 Å². The predicted octanol–water partition coefficient (Wildman–Crippen LogP) is 18.1. The number of rotatable bonds is 6.